The lowest BCUT2D eigenvalue weighted by atomic mass is 9.95. The molecule has 2 rings (SSSR count). The van der Waals surface area contributed by atoms with Crippen LogP contribution in [0.25, 0.3) is 0 Å². The third-order valence-corrected chi connectivity index (χ3v) is 4.41. The lowest BCUT2D eigenvalue weighted by molar-refractivity contribution is 0.393. The molecule has 0 radical (unpaired) electrons. The Bertz CT molecular complexity index is 512. The molecule has 2 atom stereocenters. The highest BCUT2D eigenvalue weighted by Crippen LogP contribution is 2.38. The summed E-state index contributed by atoms with van der Waals surface area (Å²) in [7, 11) is 1.73. The van der Waals surface area contributed by atoms with Crippen molar-refractivity contribution < 1.29 is 4.74 Å². The maximum absolute atomic E-state index is 5.48. The molecule has 0 fully saturated rings. The Hall–Kier alpha value is -1.39. The smallest absolute Gasteiger partial charge is 0.134 e. The van der Waals surface area contributed by atoms with Gasteiger partial charge in [-0.25, -0.2) is 0 Å². The van der Waals surface area contributed by atoms with E-state index >= 15 is 0 Å². The van der Waals surface area contributed by atoms with Crippen molar-refractivity contribution in [3.8, 4) is 5.75 Å². The second-order valence-corrected chi connectivity index (χ2v) is 5.78. The minimum absolute atomic E-state index is 0.236. The number of rotatable bonds is 7. The van der Waals surface area contributed by atoms with E-state index in [1.165, 1.54) is 4.88 Å². The topological polar surface area (TPSA) is 34.1 Å². The van der Waals surface area contributed by atoms with Crippen molar-refractivity contribution in [3.63, 3.8) is 0 Å². The first-order chi connectivity index (χ1) is 9.77. The van der Waals surface area contributed by atoms with E-state index in [4.69, 9.17) is 4.74 Å². The number of pyridine rings is 1. The molecule has 108 valence electrons. The van der Waals surface area contributed by atoms with Crippen LogP contribution in [0.1, 0.15) is 42.8 Å². The summed E-state index contributed by atoms with van der Waals surface area (Å²) >= 11 is 1.74. The molecule has 0 amide bonds. The molecule has 0 bridgehead atoms. The van der Waals surface area contributed by atoms with Crippen LogP contribution in [-0.2, 0) is 0 Å². The fourth-order valence-electron chi connectivity index (χ4n) is 2.32. The SMILES string of the molecule is CCCNC(c1sccc1OC)C(C)c1ccccn1. The Balaban J connectivity index is 2.27. The molecule has 2 aromatic heterocycles. The number of hydrogen-bond acceptors (Lipinski definition) is 4. The summed E-state index contributed by atoms with van der Waals surface area (Å²) in [6, 6.07) is 8.36. The fourth-order valence-corrected chi connectivity index (χ4v) is 3.36. The number of nitrogens with one attached hydrogen (secondary N) is 1. The van der Waals surface area contributed by atoms with Gasteiger partial charge in [0, 0.05) is 17.8 Å². The van der Waals surface area contributed by atoms with Crippen LogP contribution in [0.15, 0.2) is 35.8 Å². The van der Waals surface area contributed by atoms with Crippen molar-refractivity contribution in [2.24, 2.45) is 0 Å². The zero-order valence-corrected chi connectivity index (χ0v) is 13.1. The molecule has 0 aromatic carbocycles. The number of thiophene rings is 1. The summed E-state index contributed by atoms with van der Waals surface area (Å²) in [4.78, 5) is 5.75. The van der Waals surface area contributed by atoms with Gasteiger partial charge in [-0.05, 0) is 36.5 Å². The molecule has 0 saturated heterocycles. The minimum Gasteiger partial charge on any atom is -0.496 e. The Kier molecular flexibility index (Phi) is 5.56. The number of hydrogen-bond donors (Lipinski definition) is 1. The van der Waals surface area contributed by atoms with E-state index in [0.29, 0.717) is 5.92 Å². The molecule has 0 saturated carbocycles. The van der Waals surface area contributed by atoms with Crippen LogP contribution in [0, 0.1) is 0 Å². The monoisotopic (exact) mass is 290 g/mol. The van der Waals surface area contributed by atoms with E-state index in [9.17, 15) is 0 Å². The van der Waals surface area contributed by atoms with E-state index in [0.717, 1.165) is 24.4 Å². The lowest BCUT2D eigenvalue weighted by Gasteiger charge is -2.25. The first-order valence-corrected chi connectivity index (χ1v) is 7.91. The van der Waals surface area contributed by atoms with Gasteiger partial charge in [-0.3, -0.25) is 4.98 Å². The van der Waals surface area contributed by atoms with Gasteiger partial charge in [-0.15, -0.1) is 11.3 Å². The highest BCUT2D eigenvalue weighted by molar-refractivity contribution is 7.10. The average molecular weight is 290 g/mol. The summed E-state index contributed by atoms with van der Waals surface area (Å²) in [5, 5.41) is 5.72. The highest BCUT2D eigenvalue weighted by atomic mass is 32.1. The zero-order chi connectivity index (χ0) is 14.4. The highest BCUT2D eigenvalue weighted by Gasteiger charge is 2.25. The molecular formula is C16H22N2OS. The van der Waals surface area contributed by atoms with Gasteiger partial charge in [-0.2, -0.15) is 0 Å². The molecule has 0 aliphatic carbocycles. The van der Waals surface area contributed by atoms with Gasteiger partial charge < -0.3 is 10.1 Å². The number of ether oxygens (including phenoxy) is 1. The van der Waals surface area contributed by atoms with Gasteiger partial charge in [-0.1, -0.05) is 19.9 Å². The molecule has 4 heteroatoms. The third-order valence-electron chi connectivity index (χ3n) is 3.43. The summed E-state index contributed by atoms with van der Waals surface area (Å²) in [5.74, 6) is 1.27. The van der Waals surface area contributed by atoms with Gasteiger partial charge in [0.1, 0.15) is 5.75 Å². The number of methoxy groups -OCH3 is 1. The molecule has 0 aliphatic rings. The number of aromatic nitrogens is 1. The quantitative estimate of drug-likeness (QED) is 0.837. The first kappa shape index (κ1) is 15.0. The molecule has 0 aliphatic heterocycles. The second kappa shape index (κ2) is 7.41. The minimum atomic E-state index is 0.236. The molecule has 0 spiro atoms. The van der Waals surface area contributed by atoms with Crippen LogP contribution in [0.2, 0.25) is 0 Å². The third kappa shape index (κ3) is 3.38. The summed E-state index contributed by atoms with van der Waals surface area (Å²) in [5.41, 5.74) is 1.11. The van der Waals surface area contributed by atoms with Gasteiger partial charge in [0.25, 0.3) is 0 Å². The van der Waals surface area contributed by atoms with Crippen molar-refractivity contribution >= 4 is 11.3 Å². The van der Waals surface area contributed by atoms with Crippen LogP contribution in [0.4, 0.5) is 0 Å². The van der Waals surface area contributed by atoms with E-state index < -0.39 is 0 Å². The number of nitrogens with zero attached hydrogens (tertiary/aromatic N) is 1. The maximum Gasteiger partial charge on any atom is 0.134 e. The largest absolute Gasteiger partial charge is 0.496 e. The van der Waals surface area contributed by atoms with Gasteiger partial charge >= 0.3 is 0 Å². The summed E-state index contributed by atoms with van der Waals surface area (Å²) < 4.78 is 5.48. The molecule has 1 N–H and O–H groups in total. The van der Waals surface area contributed by atoms with Crippen molar-refractivity contribution in [1.82, 2.24) is 10.3 Å². The first-order valence-electron chi connectivity index (χ1n) is 7.03. The summed E-state index contributed by atoms with van der Waals surface area (Å²) in [6.07, 6.45) is 2.97. The predicted octanol–water partition coefficient (Wildman–Crippen LogP) is 4.00. The summed E-state index contributed by atoms with van der Waals surface area (Å²) in [6.45, 7) is 5.39. The molecule has 2 aromatic rings. The molecule has 2 unspecified atom stereocenters. The van der Waals surface area contributed by atoms with Crippen molar-refractivity contribution in [2.45, 2.75) is 32.2 Å². The predicted molar refractivity (Wildman–Crippen MR) is 84.6 cm³/mol. The fraction of sp³-hybridized carbons (Fsp3) is 0.438. The van der Waals surface area contributed by atoms with Gasteiger partial charge in [0.05, 0.1) is 18.0 Å². The van der Waals surface area contributed by atoms with E-state index in [1.807, 2.05) is 24.4 Å². The van der Waals surface area contributed by atoms with Crippen LogP contribution in [0.5, 0.6) is 5.75 Å². The Labute approximate surface area is 125 Å². The van der Waals surface area contributed by atoms with Crippen LogP contribution >= 0.6 is 11.3 Å². The zero-order valence-electron chi connectivity index (χ0n) is 12.3. The van der Waals surface area contributed by atoms with Crippen molar-refractivity contribution in [2.75, 3.05) is 13.7 Å². The van der Waals surface area contributed by atoms with Gasteiger partial charge in [0.15, 0.2) is 0 Å². The van der Waals surface area contributed by atoms with E-state index in [2.05, 4.69) is 35.6 Å². The molecule has 2 heterocycles. The maximum atomic E-state index is 5.48. The Morgan fingerprint density at radius 3 is 2.85 bits per heavy atom. The van der Waals surface area contributed by atoms with E-state index in [1.54, 1.807) is 18.4 Å². The van der Waals surface area contributed by atoms with E-state index in [-0.39, 0.29) is 6.04 Å². The van der Waals surface area contributed by atoms with Crippen molar-refractivity contribution in [1.29, 1.82) is 0 Å². The van der Waals surface area contributed by atoms with Crippen LogP contribution in [0.3, 0.4) is 0 Å². The average Bonchev–Trinajstić information content (AvgIpc) is 2.96. The molecular weight excluding hydrogens is 268 g/mol. The van der Waals surface area contributed by atoms with Crippen molar-refractivity contribution in [3.05, 3.63) is 46.4 Å². The molecule has 3 nitrogen and oxygen atoms in total. The standard InChI is InChI=1S/C16H22N2OS/c1-4-9-18-15(16-14(19-3)8-11-20-16)12(2)13-7-5-6-10-17-13/h5-8,10-12,15,18H,4,9H2,1-3H3. The normalized spacial score (nSPS) is 13.9. The molecule has 20 heavy (non-hydrogen) atoms. The Morgan fingerprint density at radius 2 is 2.20 bits per heavy atom. The van der Waals surface area contributed by atoms with Crippen LogP contribution < -0.4 is 10.1 Å². The lowest BCUT2D eigenvalue weighted by Crippen LogP contribution is -2.26. The Morgan fingerprint density at radius 1 is 1.35 bits per heavy atom. The second-order valence-electron chi connectivity index (χ2n) is 4.83. The van der Waals surface area contributed by atoms with Crippen LogP contribution in [-0.4, -0.2) is 18.6 Å². The van der Waals surface area contributed by atoms with Gasteiger partial charge in [0.2, 0.25) is 0 Å².